The van der Waals surface area contributed by atoms with E-state index in [1.807, 2.05) is 31.3 Å². The van der Waals surface area contributed by atoms with Gasteiger partial charge in [-0.05, 0) is 29.5 Å². The zero-order valence-electron chi connectivity index (χ0n) is 11.1. The molecule has 0 N–H and O–H groups in total. The van der Waals surface area contributed by atoms with Crippen LogP contribution in [0.25, 0.3) is 11.5 Å². The molecule has 1 aromatic carbocycles. The second kappa shape index (κ2) is 5.46. The number of rotatable bonds is 4. The van der Waals surface area contributed by atoms with E-state index in [1.54, 1.807) is 10.9 Å². The predicted molar refractivity (Wildman–Crippen MR) is 75.0 cm³/mol. The van der Waals surface area contributed by atoms with Gasteiger partial charge >= 0.3 is 0 Å². The summed E-state index contributed by atoms with van der Waals surface area (Å²) in [4.78, 5) is 4.47. The molecule has 7 heteroatoms. The SMILES string of the molecule is Cc1ccc(-c2nc(CSc3nnnn3C)co2)cc1. The summed E-state index contributed by atoms with van der Waals surface area (Å²) in [7, 11) is 1.81. The van der Waals surface area contributed by atoms with E-state index < -0.39 is 0 Å². The van der Waals surface area contributed by atoms with Gasteiger partial charge in [0.1, 0.15) is 6.26 Å². The van der Waals surface area contributed by atoms with Gasteiger partial charge in [0, 0.05) is 18.4 Å². The molecule has 0 atom stereocenters. The van der Waals surface area contributed by atoms with Crippen molar-refractivity contribution in [2.45, 2.75) is 17.8 Å². The Balaban J connectivity index is 1.71. The summed E-state index contributed by atoms with van der Waals surface area (Å²) in [6.45, 7) is 2.05. The fourth-order valence-corrected chi connectivity index (χ4v) is 2.41. The average molecular weight is 287 g/mol. The molecule has 0 saturated carbocycles. The molecular weight excluding hydrogens is 274 g/mol. The fraction of sp³-hybridized carbons (Fsp3) is 0.231. The third-order valence-electron chi connectivity index (χ3n) is 2.78. The molecule has 0 saturated heterocycles. The molecule has 0 radical (unpaired) electrons. The van der Waals surface area contributed by atoms with Crippen LogP contribution in [0.15, 0.2) is 40.1 Å². The van der Waals surface area contributed by atoms with Crippen molar-refractivity contribution in [1.82, 2.24) is 25.2 Å². The number of nitrogens with zero attached hydrogens (tertiary/aromatic N) is 5. The van der Waals surface area contributed by atoms with Crippen LogP contribution < -0.4 is 0 Å². The molecule has 3 rings (SSSR count). The van der Waals surface area contributed by atoms with Crippen molar-refractivity contribution in [2.75, 3.05) is 0 Å². The summed E-state index contributed by atoms with van der Waals surface area (Å²) in [6.07, 6.45) is 1.67. The summed E-state index contributed by atoms with van der Waals surface area (Å²) < 4.78 is 7.14. The van der Waals surface area contributed by atoms with Crippen LogP contribution in [-0.4, -0.2) is 25.2 Å². The van der Waals surface area contributed by atoms with Crippen LogP contribution in [0, 0.1) is 6.92 Å². The molecule has 0 spiro atoms. The number of tetrazole rings is 1. The highest BCUT2D eigenvalue weighted by Gasteiger charge is 2.09. The molecule has 102 valence electrons. The average Bonchev–Trinajstić information content (AvgIpc) is 3.06. The lowest BCUT2D eigenvalue weighted by Crippen LogP contribution is -1.93. The summed E-state index contributed by atoms with van der Waals surface area (Å²) in [5.74, 6) is 1.31. The summed E-state index contributed by atoms with van der Waals surface area (Å²) in [5, 5.41) is 12.0. The Hall–Kier alpha value is -2.15. The van der Waals surface area contributed by atoms with Crippen molar-refractivity contribution in [1.29, 1.82) is 0 Å². The number of thioether (sulfide) groups is 1. The Morgan fingerprint density at radius 3 is 2.75 bits per heavy atom. The number of hydrogen-bond donors (Lipinski definition) is 0. The Morgan fingerprint density at radius 2 is 2.05 bits per heavy atom. The first kappa shape index (κ1) is 12.9. The Kier molecular flexibility index (Phi) is 3.51. The zero-order valence-corrected chi connectivity index (χ0v) is 12.0. The van der Waals surface area contributed by atoms with Crippen molar-refractivity contribution in [3.8, 4) is 11.5 Å². The second-order valence-electron chi connectivity index (χ2n) is 4.38. The molecule has 0 aliphatic carbocycles. The van der Waals surface area contributed by atoms with Crippen LogP contribution in [0.4, 0.5) is 0 Å². The van der Waals surface area contributed by atoms with Crippen molar-refractivity contribution < 1.29 is 4.42 Å². The monoisotopic (exact) mass is 287 g/mol. The molecular formula is C13H13N5OS. The minimum absolute atomic E-state index is 0.636. The molecule has 0 amide bonds. The predicted octanol–water partition coefficient (Wildman–Crippen LogP) is 2.47. The third-order valence-corrected chi connectivity index (χ3v) is 3.82. The van der Waals surface area contributed by atoms with Crippen molar-refractivity contribution in [3.05, 3.63) is 41.8 Å². The number of aromatic nitrogens is 5. The first-order valence-electron chi connectivity index (χ1n) is 6.09. The largest absolute Gasteiger partial charge is 0.444 e. The van der Waals surface area contributed by atoms with Gasteiger partial charge in [-0.3, -0.25) is 0 Å². The van der Waals surface area contributed by atoms with E-state index in [0.29, 0.717) is 11.6 Å². The van der Waals surface area contributed by atoms with E-state index in [1.165, 1.54) is 17.3 Å². The Morgan fingerprint density at radius 1 is 1.25 bits per heavy atom. The van der Waals surface area contributed by atoms with Crippen LogP contribution in [-0.2, 0) is 12.8 Å². The lowest BCUT2D eigenvalue weighted by atomic mass is 10.1. The summed E-state index contributed by atoms with van der Waals surface area (Å²) in [6, 6.07) is 8.09. The van der Waals surface area contributed by atoms with Gasteiger partial charge in [0.15, 0.2) is 0 Å². The van der Waals surface area contributed by atoms with Crippen molar-refractivity contribution in [2.24, 2.45) is 7.05 Å². The maximum atomic E-state index is 5.51. The Bertz CT molecular complexity index is 704. The zero-order chi connectivity index (χ0) is 13.9. The molecule has 20 heavy (non-hydrogen) atoms. The van der Waals surface area contributed by atoms with Gasteiger partial charge in [-0.1, -0.05) is 29.5 Å². The second-order valence-corrected chi connectivity index (χ2v) is 5.33. The number of benzene rings is 1. The summed E-state index contributed by atoms with van der Waals surface area (Å²) in [5.41, 5.74) is 3.06. The molecule has 0 unspecified atom stereocenters. The first-order valence-corrected chi connectivity index (χ1v) is 7.07. The van der Waals surface area contributed by atoms with E-state index in [-0.39, 0.29) is 0 Å². The van der Waals surface area contributed by atoms with Gasteiger partial charge in [-0.2, -0.15) is 0 Å². The van der Waals surface area contributed by atoms with Gasteiger partial charge in [0.2, 0.25) is 11.0 Å². The van der Waals surface area contributed by atoms with Crippen molar-refractivity contribution >= 4 is 11.8 Å². The molecule has 2 aromatic heterocycles. The van der Waals surface area contributed by atoms with Crippen LogP contribution in [0.2, 0.25) is 0 Å². The van der Waals surface area contributed by atoms with E-state index in [0.717, 1.165) is 16.4 Å². The maximum absolute atomic E-state index is 5.51. The number of hydrogen-bond acceptors (Lipinski definition) is 6. The quantitative estimate of drug-likeness (QED) is 0.687. The third kappa shape index (κ3) is 2.72. The Labute approximate surface area is 120 Å². The molecule has 2 heterocycles. The topological polar surface area (TPSA) is 69.6 Å². The highest BCUT2D eigenvalue weighted by molar-refractivity contribution is 7.98. The van der Waals surface area contributed by atoms with E-state index >= 15 is 0 Å². The van der Waals surface area contributed by atoms with E-state index in [9.17, 15) is 0 Å². The fourth-order valence-electron chi connectivity index (χ4n) is 1.68. The van der Waals surface area contributed by atoms with Crippen LogP contribution in [0.5, 0.6) is 0 Å². The molecule has 0 aliphatic heterocycles. The molecule has 0 aliphatic rings. The van der Waals surface area contributed by atoms with E-state index in [4.69, 9.17) is 4.42 Å². The lowest BCUT2D eigenvalue weighted by molar-refractivity contribution is 0.573. The maximum Gasteiger partial charge on any atom is 0.226 e. The van der Waals surface area contributed by atoms with Gasteiger partial charge < -0.3 is 4.42 Å². The van der Waals surface area contributed by atoms with Crippen LogP contribution >= 0.6 is 11.8 Å². The normalized spacial score (nSPS) is 10.9. The number of aryl methyl sites for hydroxylation is 2. The number of oxazole rings is 1. The van der Waals surface area contributed by atoms with Crippen LogP contribution in [0.1, 0.15) is 11.3 Å². The molecule has 0 fully saturated rings. The molecule has 6 nitrogen and oxygen atoms in total. The smallest absolute Gasteiger partial charge is 0.226 e. The summed E-state index contributed by atoms with van der Waals surface area (Å²) >= 11 is 1.52. The van der Waals surface area contributed by atoms with Crippen LogP contribution in [0.3, 0.4) is 0 Å². The van der Waals surface area contributed by atoms with Gasteiger partial charge in [0.25, 0.3) is 0 Å². The minimum Gasteiger partial charge on any atom is -0.444 e. The highest BCUT2D eigenvalue weighted by atomic mass is 32.2. The minimum atomic E-state index is 0.636. The molecule has 0 bridgehead atoms. The van der Waals surface area contributed by atoms with Gasteiger partial charge in [0.05, 0.1) is 5.69 Å². The molecule has 3 aromatic rings. The lowest BCUT2D eigenvalue weighted by Gasteiger charge is -1.96. The van der Waals surface area contributed by atoms with Gasteiger partial charge in [-0.25, -0.2) is 9.67 Å². The highest BCUT2D eigenvalue weighted by Crippen LogP contribution is 2.23. The van der Waals surface area contributed by atoms with Gasteiger partial charge in [-0.15, -0.1) is 5.10 Å². The van der Waals surface area contributed by atoms with E-state index in [2.05, 4.69) is 27.4 Å². The first-order chi connectivity index (χ1) is 9.72. The standard InChI is InChI=1S/C13H13N5OS/c1-9-3-5-10(6-4-9)12-14-11(7-19-12)8-20-13-15-16-17-18(13)2/h3-7H,8H2,1-2H3. The van der Waals surface area contributed by atoms with Crippen molar-refractivity contribution in [3.63, 3.8) is 0 Å².